The monoisotopic (exact) mass is 458 g/mol. The Bertz CT molecular complexity index is 1390. The van der Waals surface area contributed by atoms with E-state index in [0.29, 0.717) is 17.1 Å². The fraction of sp³-hybridized carbons (Fsp3) is 0.0769. The molecule has 0 radical (unpaired) electrons. The van der Waals surface area contributed by atoms with Crippen LogP contribution in [0.25, 0.3) is 17.0 Å². The van der Waals surface area contributed by atoms with Gasteiger partial charge in [-0.25, -0.2) is 4.90 Å². The molecule has 0 atom stereocenters. The maximum absolute atomic E-state index is 13.1. The lowest BCUT2D eigenvalue weighted by atomic mass is 10.1. The zero-order valence-electron chi connectivity index (χ0n) is 17.3. The Balaban J connectivity index is 1.59. The molecule has 0 N–H and O–H groups in total. The number of halogens is 1. The predicted octanol–water partition coefficient (Wildman–Crippen LogP) is 6.89. The van der Waals surface area contributed by atoms with Gasteiger partial charge in [0.15, 0.2) is 0 Å². The molecule has 2 heterocycles. The molecule has 1 aliphatic heterocycles. The summed E-state index contributed by atoms with van der Waals surface area (Å²) in [4.78, 5) is 27.4. The molecule has 4 aromatic rings. The van der Waals surface area contributed by atoms with Gasteiger partial charge in [0.2, 0.25) is 0 Å². The van der Waals surface area contributed by atoms with Crippen molar-refractivity contribution in [3.63, 3.8) is 0 Å². The summed E-state index contributed by atoms with van der Waals surface area (Å²) >= 11 is 7.39. The zero-order chi connectivity index (χ0) is 22.2. The molecule has 1 fully saturated rings. The molecule has 5 rings (SSSR count). The average Bonchev–Trinajstić information content (AvgIpc) is 3.23. The van der Waals surface area contributed by atoms with Gasteiger partial charge in [-0.2, -0.15) is 0 Å². The largest absolute Gasteiger partial charge is 0.340 e. The van der Waals surface area contributed by atoms with Crippen LogP contribution >= 0.6 is 23.4 Å². The fourth-order valence-corrected chi connectivity index (χ4v) is 5.06. The van der Waals surface area contributed by atoms with E-state index < -0.39 is 0 Å². The number of nitrogens with zero attached hydrogens (tertiary/aromatic N) is 2. The molecular weight excluding hydrogens is 440 g/mol. The third-order valence-electron chi connectivity index (χ3n) is 5.65. The Morgan fingerprint density at radius 1 is 0.906 bits per heavy atom. The summed E-state index contributed by atoms with van der Waals surface area (Å²) in [6.45, 7) is 2.65. The van der Waals surface area contributed by atoms with Gasteiger partial charge in [0, 0.05) is 33.7 Å². The maximum Gasteiger partial charge on any atom is 0.298 e. The van der Waals surface area contributed by atoms with Gasteiger partial charge in [-0.15, -0.1) is 0 Å². The number of amides is 2. The standard InChI is InChI=1S/C26H19ClN2O2S/c1-17-21(15-24-25(30)29(26(31)32-24)19-10-3-2-4-11-19)20-12-6-8-14-23(20)28(17)16-18-9-5-7-13-22(18)27/h2-15H,16H2,1H3/b24-15-. The van der Waals surface area contributed by atoms with Gasteiger partial charge in [0.05, 0.1) is 10.6 Å². The first-order chi connectivity index (χ1) is 15.5. The van der Waals surface area contributed by atoms with Crippen molar-refractivity contribution in [1.82, 2.24) is 4.57 Å². The molecule has 1 saturated heterocycles. The summed E-state index contributed by atoms with van der Waals surface area (Å²) in [7, 11) is 0. The second-order valence-corrected chi connectivity index (χ2v) is 8.95. The van der Waals surface area contributed by atoms with Crippen molar-refractivity contribution in [2.45, 2.75) is 13.5 Å². The lowest BCUT2D eigenvalue weighted by molar-refractivity contribution is -0.113. The number of anilines is 1. The predicted molar refractivity (Wildman–Crippen MR) is 132 cm³/mol. The highest BCUT2D eigenvalue weighted by molar-refractivity contribution is 8.19. The van der Waals surface area contributed by atoms with E-state index in [2.05, 4.69) is 10.6 Å². The van der Waals surface area contributed by atoms with Crippen LogP contribution in [0.2, 0.25) is 5.02 Å². The smallest absolute Gasteiger partial charge is 0.298 e. The number of rotatable bonds is 4. The molecule has 0 aliphatic carbocycles. The molecule has 4 nitrogen and oxygen atoms in total. The summed E-state index contributed by atoms with van der Waals surface area (Å²) in [6.07, 6.45) is 1.84. The topological polar surface area (TPSA) is 42.3 Å². The number of hydrogen-bond donors (Lipinski definition) is 0. The summed E-state index contributed by atoms with van der Waals surface area (Å²) in [6, 6.07) is 24.9. The van der Waals surface area contributed by atoms with E-state index >= 15 is 0 Å². The van der Waals surface area contributed by atoms with Gasteiger partial charge in [-0.3, -0.25) is 9.59 Å². The van der Waals surface area contributed by atoms with Gasteiger partial charge in [0.1, 0.15) is 0 Å². The van der Waals surface area contributed by atoms with Crippen molar-refractivity contribution in [3.05, 3.63) is 106 Å². The first kappa shape index (κ1) is 20.6. The van der Waals surface area contributed by atoms with Crippen LogP contribution < -0.4 is 4.90 Å². The molecule has 0 spiro atoms. The number of carbonyl (C=O) groups excluding carboxylic acids is 2. The van der Waals surface area contributed by atoms with Crippen molar-refractivity contribution < 1.29 is 9.59 Å². The molecule has 1 aliphatic rings. The van der Waals surface area contributed by atoms with Crippen molar-refractivity contribution in [1.29, 1.82) is 0 Å². The Morgan fingerprint density at radius 2 is 1.59 bits per heavy atom. The molecule has 158 valence electrons. The number of hydrogen-bond acceptors (Lipinski definition) is 3. The van der Waals surface area contributed by atoms with Gasteiger partial charge in [-0.1, -0.05) is 66.2 Å². The number of aromatic nitrogens is 1. The van der Waals surface area contributed by atoms with Crippen LogP contribution in [-0.2, 0) is 11.3 Å². The summed E-state index contributed by atoms with van der Waals surface area (Å²) in [5.74, 6) is -0.298. The van der Waals surface area contributed by atoms with Crippen LogP contribution in [0, 0.1) is 6.92 Å². The van der Waals surface area contributed by atoms with Crippen molar-refractivity contribution in [2.24, 2.45) is 0 Å². The van der Waals surface area contributed by atoms with Gasteiger partial charge in [0.25, 0.3) is 11.1 Å². The Hall–Kier alpha value is -3.28. The zero-order valence-corrected chi connectivity index (χ0v) is 18.9. The highest BCUT2D eigenvalue weighted by Gasteiger charge is 2.36. The minimum Gasteiger partial charge on any atom is -0.340 e. The van der Waals surface area contributed by atoms with Crippen LogP contribution in [0.5, 0.6) is 0 Å². The van der Waals surface area contributed by atoms with E-state index in [-0.39, 0.29) is 11.1 Å². The number of carbonyl (C=O) groups is 2. The molecule has 32 heavy (non-hydrogen) atoms. The fourth-order valence-electron chi connectivity index (χ4n) is 4.04. The average molecular weight is 459 g/mol. The third kappa shape index (κ3) is 3.53. The van der Waals surface area contributed by atoms with E-state index in [9.17, 15) is 9.59 Å². The normalized spacial score (nSPS) is 15.3. The molecule has 2 amide bonds. The Morgan fingerprint density at radius 3 is 2.38 bits per heavy atom. The van der Waals surface area contributed by atoms with E-state index in [1.807, 2.05) is 73.7 Å². The number of thioether (sulfide) groups is 1. The van der Waals surface area contributed by atoms with Crippen molar-refractivity contribution >= 4 is 57.2 Å². The quantitative estimate of drug-likeness (QED) is 0.312. The van der Waals surface area contributed by atoms with E-state index in [1.54, 1.807) is 12.1 Å². The van der Waals surface area contributed by atoms with Crippen molar-refractivity contribution in [2.75, 3.05) is 4.90 Å². The lowest BCUT2D eigenvalue weighted by Gasteiger charge is -2.11. The highest BCUT2D eigenvalue weighted by atomic mass is 35.5. The Kier molecular flexibility index (Phi) is 5.37. The molecule has 0 bridgehead atoms. The first-order valence-electron chi connectivity index (χ1n) is 10.2. The third-order valence-corrected chi connectivity index (χ3v) is 6.89. The molecule has 6 heteroatoms. The van der Waals surface area contributed by atoms with Crippen LogP contribution in [0.3, 0.4) is 0 Å². The van der Waals surface area contributed by atoms with E-state index in [4.69, 9.17) is 11.6 Å². The second-order valence-electron chi connectivity index (χ2n) is 7.55. The summed E-state index contributed by atoms with van der Waals surface area (Å²) < 4.78 is 2.20. The minimum atomic E-state index is -0.298. The second kappa shape index (κ2) is 8.34. The molecular formula is C26H19ClN2O2S. The molecule has 1 aromatic heterocycles. The number of para-hydroxylation sites is 2. The van der Waals surface area contributed by atoms with E-state index in [0.717, 1.165) is 44.5 Å². The van der Waals surface area contributed by atoms with Crippen LogP contribution in [0.15, 0.2) is 83.8 Å². The molecule has 0 saturated carbocycles. The summed E-state index contributed by atoms with van der Waals surface area (Å²) in [5, 5.41) is 1.46. The van der Waals surface area contributed by atoms with Crippen molar-refractivity contribution in [3.8, 4) is 0 Å². The van der Waals surface area contributed by atoms with E-state index in [1.165, 1.54) is 4.90 Å². The Labute approximate surface area is 195 Å². The van der Waals surface area contributed by atoms with Gasteiger partial charge >= 0.3 is 0 Å². The lowest BCUT2D eigenvalue weighted by Crippen LogP contribution is -2.27. The molecule has 0 unspecified atom stereocenters. The number of benzene rings is 3. The van der Waals surface area contributed by atoms with Gasteiger partial charge < -0.3 is 4.57 Å². The van der Waals surface area contributed by atoms with Crippen LogP contribution in [0.1, 0.15) is 16.8 Å². The summed E-state index contributed by atoms with van der Waals surface area (Å²) in [5.41, 5.74) is 4.60. The highest BCUT2D eigenvalue weighted by Crippen LogP contribution is 2.38. The van der Waals surface area contributed by atoms with Gasteiger partial charge in [-0.05, 0) is 54.6 Å². The SMILES string of the molecule is Cc1c(/C=C2\SC(=O)N(c3ccccc3)C2=O)c2ccccc2n1Cc1ccccc1Cl. The molecule has 3 aromatic carbocycles. The van der Waals surface area contributed by atoms with Crippen LogP contribution in [0.4, 0.5) is 10.5 Å². The maximum atomic E-state index is 13.1. The minimum absolute atomic E-state index is 0.287. The number of imide groups is 1. The van der Waals surface area contributed by atoms with Crippen LogP contribution in [-0.4, -0.2) is 15.7 Å². The first-order valence-corrected chi connectivity index (χ1v) is 11.4. The number of fused-ring (bicyclic) bond motifs is 1.